The molecule has 242 valence electrons. The zero-order valence-corrected chi connectivity index (χ0v) is 26.8. The predicted octanol–water partition coefficient (Wildman–Crippen LogP) is 3.84. The molecule has 0 aliphatic carbocycles. The second-order valence-electron chi connectivity index (χ2n) is 13.2. The van der Waals surface area contributed by atoms with Crippen molar-refractivity contribution in [3.63, 3.8) is 0 Å². The first kappa shape index (κ1) is 31.4. The first-order chi connectivity index (χ1) is 21.8. The zero-order chi connectivity index (χ0) is 31.3. The van der Waals surface area contributed by atoms with Gasteiger partial charge in [-0.1, -0.05) is 48.0 Å². The van der Waals surface area contributed by atoms with E-state index >= 15 is 0 Å². The molecule has 4 amide bonds. The quantitative estimate of drug-likeness (QED) is 0.531. The molecular weight excluding hydrogens is 568 g/mol. The Labute approximate surface area is 267 Å². The van der Waals surface area contributed by atoms with Gasteiger partial charge in [-0.05, 0) is 76.4 Å². The van der Waals surface area contributed by atoms with Gasteiger partial charge in [0.25, 0.3) is 5.91 Å². The standard InChI is InChI=1S/C35H48N6O4/c1-26-6-5-7-27(24-26)25-32(33(42)39-22-20-38(21-23-39)29-11-15-37(2)16-12-29)45-35(44)40-17-13-30(14-18-40)41-19-10-28-8-3-4-9-31(28)36-34(41)43/h3-9,24,29-30,32H,10-23,25H2,1-2H3,(H,36,43). The topological polar surface area (TPSA) is 88.7 Å². The predicted molar refractivity (Wildman–Crippen MR) is 174 cm³/mol. The van der Waals surface area contributed by atoms with Crippen molar-refractivity contribution in [1.82, 2.24) is 24.5 Å². The Morgan fingerprint density at radius 2 is 1.56 bits per heavy atom. The number of hydrogen-bond donors (Lipinski definition) is 1. The number of para-hydroxylation sites is 1. The number of aryl methyl sites for hydroxylation is 1. The summed E-state index contributed by atoms with van der Waals surface area (Å²) in [6.45, 7) is 8.91. The fourth-order valence-electron chi connectivity index (χ4n) is 7.40. The average Bonchev–Trinajstić information content (AvgIpc) is 3.22. The van der Waals surface area contributed by atoms with Crippen molar-refractivity contribution >= 4 is 23.7 Å². The number of piperidine rings is 2. The summed E-state index contributed by atoms with van der Waals surface area (Å²) >= 11 is 0. The number of nitrogens with zero attached hydrogens (tertiary/aromatic N) is 5. The molecule has 4 aliphatic heterocycles. The summed E-state index contributed by atoms with van der Waals surface area (Å²) in [4.78, 5) is 50.9. The molecule has 10 nitrogen and oxygen atoms in total. The molecule has 3 fully saturated rings. The highest BCUT2D eigenvalue weighted by atomic mass is 16.6. The molecule has 0 aromatic heterocycles. The van der Waals surface area contributed by atoms with E-state index in [1.165, 1.54) is 12.8 Å². The number of carbonyl (C=O) groups excluding carboxylic acids is 3. The minimum Gasteiger partial charge on any atom is -0.436 e. The van der Waals surface area contributed by atoms with Gasteiger partial charge in [0.2, 0.25) is 0 Å². The van der Waals surface area contributed by atoms with Crippen LogP contribution >= 0.6 is 0 Å². The minimum atomic E-state index is -0.873. The van der Waals surface area contributed by atoms with Gasteiger partial charge in [-0.2, -0.15) is 0 Å². The maximum absolute atomic E-state index is 13.9. The van der Waals surface area contributed by atoms with Gasteiger partial charge in [0.05, 0.1) is 0 Å². The van der Waals surface area contributed by atoms with Gasteiger partial charge in [-0.3, -0.25) is 9.69 Å². The molecule has 1 unspecified atom stereocenters. The Bertz CT molecular complexity index is 1350. The Balaban J connectivity index is 1.05. The van der Waals surface area contributed by atoms with Crippen LogP contribution in [0.4, 0.5) is 15.3 Å². The summed E-state index contributed by atoms with van der Waals surface area (Å²) in [7, 11) is 2.18. The fourth-order valence-corrected chi connectivity index (χ4v) is 7.40. The molecule has 0 saturated carbocycles. The molecule has 0 spiro atoms. The molecule has 4 aliphatic rings. The first-order valence-electron chi connectivity index (χ1n) is 16.7. The van der Waals surface area contributed by atoms with Crippen LogP contribution in [0.2, 0.25) is 0 Å². The largest absolute Gasteiger partial charge is 0.436 e. The number of nitrogens with one attached hydrogen (secondary N) is 1. The highest BCUT2D eigenvalue weighted by molar-refractivity contribution is 5.91. The number of ether oxygens (including phenoxy) is 1. The van der Waals surface area contributed by atoms with Gasteiger partial charge in [0, 0.05) is 70.0 Å². The van der Waals surface area contributed by atoms with Crippen LogP contribution in [0, 0.1) is 6.92 Å². The van der Waals surface area contributed by atoms with E-state index in [4.69, 9.17) is 4.74 Å². The SMILES string of the molecule is Cc1cccc(CC(OC(=O)N2CCC(N3CCc4ccccc4NC3=O)CC2)C(=O)N2CCN(C3CCN(C)CC3)CC2)c1. The summed E-state index contributed by atoms with van der Waals surface area (Å²) < 4.78 is 6.05. The van der Waals surface area contributed by atoms with E-state index < -0.39 is 12.2 Å². The molecule has 1 N–H and O–H groups in total. The Hall–Kier alpha value is -3.63. The second kappa shape index (κ2) is 14.2. The van der Waals surface area contributed by atoms with Crippen LogP contribution in [0.5, 0.6) is 0 Å². The Morgan fingerprint density at radius 1 is 0.844 bits per heavy atom. The number of amides is 4. The van der Waals surface area contributed by atoms with Crippen LogP contribution in [0.15, 0.2) is 48.5 Å². The van der Waals surface area contributed by atoms with Crippen molar-refractivity contribution in [3.05, 3.63) is 65.2 Å². The number of fused-ring (bicyclic) bond motifs is 1. The van der Waals surface area contributed by atoms with Crippen molar-refractivity contribution < 1.29 is 19.1 Å². The lowest BCUT2D eigenvalue weighted by atomic mass is 10.0. The molecule has 10 heteroatoms. The highest BCUT2D eigenvalue weighted by Gasteiger charge is 2.36. The molecule has 0 bridgehead atoms. The normalized spacial score (nSPS) is 21.6. The van der Waals surface area contributed by atoms with E-state index in [1.54, 1.807) is 4.90 Å². The average molecular weight is 617 g/mol. The number of rotatable bonds is 6. The number of urea groups is 1. The van der Waals surface area contributed by atoms with E-state index in [0.717, 1.165) is 55.0 Å². The fraction of sp³-hybridized carbons (Fsp3) is 0.571. The molecule has 3 saturated heterocycles. The summed E-state index contributed by atoms with van der Waals surface area (Å²) in [6.07, 6.45) is 3.52. The Morgan fingerprint density at radius 3 is 2.29 bits per heavy atom. The maximum atomic E-state index is 13.9. The number of piperazine rings is 1. The van der Waals surface area contributed by atoms with Gasteiger partial charge >= 0.3 is 12.1 Å². The molecule has 45 heavy (non-hydrogen) atoms. The smallest absolute Gasteiger partial charge is 0.410 e. The zero-order valence-electron chi connectivity index (χ0n) is 26.8. The first-order valence-corrected chi connectivity index (χ1v) is 16.7. The van der Waals surface area contributed by atoms with Gasteiger partial charge < -0.3 is 29.7 Å². The summed E-state index contributed by atoms with van der Waals surface area (Å²) in [5.41, 5.74) is 4.11. The number of carbonyl (C=O) groups is 3. The number of anilines is 1. The van der Waals surface area contributed by atoms with Crippen LogP contribution < -0.4 is 5.32 Å². The molecule has 6 rings (SSSR count). The number of hydrogen-bond acceptors (Lipinski definition) is 6. The molecule has 1 atom stereocenters. The van der Waals surface area contributed by atoms with Crippen LogP contribution in [-0.4, -0.2) is 127 Å². The Kier molecular flexibility index (Phi) is 9.90. The van der Waals surface area contributed by atoms with E-state index in [2.05, 4.69) is 34.3 Å². The van der Waals surface area contributed by atoms with Crippen molar-refractivity contribution in [1.29, 1.82) is 0 Å². The van der Waals surface area contributed by atoms with E-state index in [-0.39, 0.29) is 18.0 Å². The van der Waals surface area contributed by atoms with Crippen LogP contribution in [0.3, 0.4) is 0 Å². The second-order valence-corrected chi connectivity index (χ2v) is 13.2. The van der Waals surface area contributed by atoms with E-state index in [0.29, 0.717) is 58.0 Å². The molecule has 2 aromatic rings. The monoisotopic (exact) mass is 616 g/mol. The van der Waals surface area contributed by atoms with E-state index in [9.17, 15) is 14.4 Å². The highest BCUT2D eigenvalue weighted by Crippen LogP contribution is 2.25. The molecule has 4 heterocycles. The third kappa shape index (κ3) is 7.61. The summed E-state index contributed by atoms with van der Waals surface area (Å²) in [5, 5.41) is 3.06. The lowest BCUT2D eigenvalue weighted by Crippen LogP contribution is -2.56. The third-order valence-electron chi connectivity index (χ3n) is 10.2. The van der Waals surface area contributed by atoms with Crippen molar-refractivity contribution in [2.24, 2.45) is 0 Å². The van der Waals surface area contributed by atoms with Gasteiger partial charge in [-0.25, -0.2) is 9.59 Å². The molecular formula is C35H48N6O4. The van der Waals surface area contributed by atoms with Gasteiger partial charge in [-0.15, -0.1) is 0 Å². The van der Waals surface area contributed by atoms with Gasteiger partial charge in [0.15, 0.2) is 6.10 Å². The minimum absolute atomic E-state index is 0.0499. The van der Waals surface area contributed by atoms with Crippen LogP contribution in [-0.2, 0) is 22.4 Å². The summed E-state index contributed by atoms with van der Waals surface area (Å²) in [5.74, 6) is -0.108. The lowest BCUT2D eigenvalue weighted by molar-refractivity contribution is -0.143. The summed E-state index contributed by atoms with van der Waals surface area (Å²) in [6, 6.07) is 16.6. The molecule has 2 aromatic carbocycles. The van der Waals surface area contributed by atoms with Crippen LogP contribution in [0.25, 0.3) is 0 Å². The van der Waals surface area contributed by atoms with Gasteiger partial charge in [0.1, 0.15) is 0 Å². The molecule has 0 radical (unpaired) electrons. The lowest BCUT2D eigenvalue weighted by Gasteiger charge is -2.42. The van der Waals surface area contributed by atoms with Crippen molar-refractivity contribution in [3.8, 4) is 0 Å². The number of benzene rings is 2. The van der Waals surface area contributed by atoms with E-state index in [1.807, 2.05) is 53.1 Å². The van der Waals surface area contributed by atoms with Crippen molar-refractivity contribution in [2.75, 3.05) is 71.3 Å². The number of likely N-dealkylation sites (tertiary alicyclic amines) is 2. The maximum Gasteiger partial charge on any atom is 0.410 e. The van der Waals surface area contributed by atoms with Crippen LogP contribution in [0.1, 0.15) is 42.4 Å². The third-order valence-corrected chi connectivity index (χ3v) is 10.2. The van der Waals surface area contributed by atoms with Crippen molar-refractivity contribution in [2.45, 2.75) is 63.6 Å².